The average molecular weight is 510 g/mol. The third-order valence-corrected chi connectivity index (χ3v) is 7.63. The van der Waals surface area contributed by atoms with Gasteiger partial charge in [0.25, 0.3) is 10.0 Å². The number of nitrogens with zero attached hydrogens (tertiary/aromatic N) is 2. The Bertz CT molecular complexity index is 1550. The number of aryl methyl sites for hydroxylation is 1. The predicted molar refractivity (Wildman–Crippen MR) is 131 cm³/mol. The van der Waals surface area contributed by atoms with Gasteiger partial charge in [0, 0.05) is 27.9 Å². The molecule has 178 valence electrons. The first-order chi connectivity index (χ1) is 16.7. The van der Waals surface area contributed by atoms with Crippen molar-refractivity contribution in [2.45, 2.75) is 30.6 Å². The van der Waals surface area contributed by atoms with Crippen LogP contribution in [0.15, 0.2) is 70.3 Å². The molecule has 0 spiro atoms. The lowest BCUT2D eigenvalue weighted by Crippen LogP contribution is -2.17. The fourth-order valence-corrected chi connectivity index (χ4v) is 5.65. The van der Waals surface area contributed by atoms with E-state index in [9.17, 15) is 18.3 Å². The summed E-state index contributed by atoms with van der Waals surface area (Å²) in [6, 6.07) is 12.8. The van der Waals surface area contributed by atoms with Crippen molar-refractivity contribution < 1.29 is 22.8 Å². The third kappa shape index (κ3) is 4.52. The molecule has 0 saturated heterocycles. The Morgan fingerprint density at radius 2 is 1.91 bits per heavy atom. The number of hydrogen-bond donors (Lipinski definition) is 2. The standard InChI is InChI=1S/C25H20ClN3O5S/c1-14-20(13-28-34-14)18-12-23(19(11-21(18)26)22-4-2-3-9-27-22)29-35(32,33)24-10-16(25(30)31)7-8-17(24)15-5-6-15/h2-4,7-13,15,29H,5-6H2,1H3,(H,30,31). The number of hydrogen-bond acceptors (Lipinski definition) is 6. The molecule has 0 radical (unpaired) electrons. The molecule has 1 saturated carbocycles. The molecule has 2 aromatic heterocycles. The molecule has 2 heterocycles. The van der Waals surface area contributed by atoms with Gasteiger partial charge >= 0.3 is 5.97 Å². The fraction of sp³-hybridized carbons (Fsp3) is 0.160. The van der Waals surface area contributed by atoms with Gasteiger partial charge in [-0.3, -0.25) is 9.71 Å². The number of carboxylic acid groups (broad SMARTS) is 1. The van der Waals surface area contributed by atoms with Crippen molar-refractivity contribution in [1.82, 2.24) is 10.1 Å². The lowest BCUT2D eigenvalue weighted by Gasteiger charge is -2.17. The maximum absolute atomic E-state index is 13.7. The van der Waals surface area contributed by atoms with Gasteiger partial charge in [0.15, 0.2) is 0 Å². The molecular weight excluding hydrogens is 490 g/mol. The number of carbonyl (C=O) groups is 1. The van der Waals surface area contributed by atoms with Crippen LogP contribution in [-0.2, 0) is 10.0 Å². The van der Waals surface area contributed by atoms with Crippen LogP contribution in [0.25, 0.3) is 22.4 Å². The van der Waals surface area contributed by atoms with Crippen LogP contribution in [0.5, 0.6) is 0 Å². The lowest BCUT2D eigenvalue weighted by molar-refractivity contribution is 0.0696. The highest BCUT2D eigenvalue weighted by Crippen LogP contribution is 2.44. The second kappa shape index (κ2) is 8.83. The number of anilines is 1. The molecule has 10 heteroatoms. The Labute approximate surface area is 206 Å². The van der Waals surface area contributed by atoms with Gasteiger partial charge < -0.3 is 9.63 Å². The van der Waals surface area contributed by atoms with E-state index in [1.54, 1.807) is 49.5 Å². The zero-order chi connectivity index (χ0) is 24.7. The number of aromatic carboxylic acids is 1. The minimum atomic E-state index is -4.17. The van der Waals surface area contributed by atoms with E-state index in [4.69, 9.17) is 16.1 Å². The van der Waals surface area contributed by atoms with Gasteiger partial charge in [0.05, 0.1) is 28.0 Å². The van der Waals surface area contributed by atoms with Crippen LogP contribution in [-0.4, -0.2) is 29.6 Å². The SMILES string of the molecule is Cc1oncc1-c1cc(NS(=O)(=O)c2cc(C(=O)O)ccc2C2CC2)c(-c2ccccn2)cc1Cl. The maximum Gasteiger partial charge on any atom is 0.335 e. The highest BCUT2D eigenvalue weighted by Gasteiger charge is 2.32. The van der Waals surface area contributed by atoms with Crippen LogP contribution in [0.3, 0.4) is 0 Å². The molecule has 2 N–H and O–H groups in total. The van der Waals surface area contributed by atoms with Crippen LogP contribution in [0, 0.1) is 6.92 Å². The van der Waals surface area contributed by atoms with Crippen LogP contribution in [0.1, 0.15) is 40.4 Å². The highest BCUT2D eigenvalue weighted by atomic mass is 35.5. The first-order valence-corrected chi connectivity index (χ1v) is 12.7. The smallest absolute Gasteiger partial charge is 0.335 e. The normalized spacial score (nSPS) is 13.5. The minimum Gasteiger partial charge on any atom is -0.478 e. The second-order valence-corrected chi connectivity index (χ2v) is 10.4. The monoisotopic (exact) mass is 509 g/mol. The average Bonchev–Trinajstić information content (AvgIpc) is 3.60. The molecule has 35 heavy (non-hydrogen) atoms. The molecule has 0 bridgehead atoms. The number of benzene rings is 2. The molecule has 2 aromatic carbocycles. The van der Waals surface area contributed by atoms with Crippen molar-refractivity contribution in [3.05, 3.63) is 82.8 Å². The number of rotatable bonds is 7. The molecule has 4 aromatic rings. The van der Waals surface area contributed by atoms with Crippen LogP contribution in [0.2, 0.25) is 5.02 Å². The number of carboxylic acids is 1. The van der Waals surface area contributed by atoms with Crippen molar-refractivity contribution in [2.24, 2.45) is 0 Å². The fourth-order valence-electron chi connectivity index (χ4n) is 3.99. The quantitative estimate of drug-likeness (QED) is 0.325. The number of halogens is 1. The predicted octanol–water partition coefficient (Wildman–Crippen LogP) is 5.74. The summed E-state index contributed by atoms with van der Waals surface area (Å²) in [6.45, 7) is 1.73. The van der Waals surface area contributed by atoms with Gasteiger partial charge in [-0.25, -0.2) is 13.2 Å². The number of sulfonamides is 1. The molecular formula is C25H20ClN3O5S. The van der Waals surface area contributed by atoms with Crippen molar-refractivity contribution in [3.63, 3.8) is 0 Å². The first-order valence-electron chi connectivity index (χ1n) is 10.8. The molecule has 5 rings (SSSR count). The van der Waals surface area contributed by atoms with Gasteiger partial charge in [-0.2, -0.15) is 0 Å². The van der Waals surface area contributed by atoms with E-state index in [0.717, 1.165) is 12.8 Å². The molecule has 0 amide bonds. The number of nitrogens with one attached hydrogen (secondary N) is 1. The van der Waals surface area contributed by atoms with E-state index in [1.807, 2.05) is 0 Å². The Hall–Kier alpha value is -3.69. The Balaban J connectivity index is 1.67. The molecule has 0 unspecified atom stereocenters. The van der Waals surface area contributed by atoms with Crippen molar-refractivity contribution >= 4 is 33.3 Å². The zero-order valence-corrected chi connectivity index (χ0v) is 20.1. The summed E-state index contributed by atoms with van der Waals surface area (Å²) in [5, 5.41) is 13.6. The Kier molecular flexibility index (Phi) is 5.82. The number of pyridine rings is 1. The molecule has 8 nitrogen and oxygen atoms in total. The van der Waals surface area contributed by atoms with Crippen LogP contribution in [0.4, 0.5) is 5.69 Å². The zero-order valence-electron chi connectivity index (χ0n) is 18.5. The summed E-state index contributed by atoms with van der Waals surface area (Å²) < 4.78 is 35.2. The molecule has 0 aliphatic heterocycles. The summed E-state index contributed by atoms with van der Waals surface area (Å²) in [5.41, 5.74) is 2.88. The summed E-state index contributed by atoms with van der Waals surface area (Å²) in [4.78, 5) is 15.9. The topological polar surface area (TPSA) is 122 Å². The van der Waals surface area contributed by atoms with Crippen LogP contribution < -0.4 is 4.72 Å². The largest absolute Gasteiger partial charge is 0.478 e. The van der Waals surface area contributed by atoms with E-state index in [-0.39, 0.29) is 22.1 Å². The second-order valence-electron chi connectivity index (χ2n) is 8.33. The summed E-state index contributed by atoms with van der Waals surface area (Å²) in [7, 11) is -4.17. The molecule has 0 atom stereocenters. The number of aromatic nitrogens is 2. The molecule has 1 aliphatic carbocycles. The molecule has 1 aliphatic rings. The minimum absolute atomic E-state index is 0.0514. The van der Waals surface area contributed by atoms with E-state index in [2.05, 4.69) is 14.9 Å². The highest BCUT2D eigenvalue weighted by molar-refractivity contribution is 7.92. The van der Waals surface area contributed by atoms with Crippen molar-refractivity contribution in [3.8, 4) is 22.4 Å². The van der Waals surface area contributed by atoms with E-state index in [0.29, 0.717) is 38.7 Å². The summed E-state index contributed by atoms with van der Waals surface area (Å²) >= 11 is 6.59. The van der Waals surface area contributed by atoms with Gasteiger partial charge in [0.2, 0.25) is 0 Å². The Morgan fingerprint density at radius 1 is 1.11 bits per heavy atom. The van der Waals surface area contributed by atoms with E-state index in [1.165, 1.54) is 18.3 Å². The van der Waals surface area contributed by atoms with E-state index >= 15 is 0 Å². The summed E-state index contributed by atoms with van der Waals surface area (Å²) in [6.07, 6.45) is 4.82. The molecule has 1 fully saturated rings. The van der Waals surface area contributed by atoms with Gasteiger partial charge in [0.1, 0.15) is 5.76 Å². The van der Waals surface area contributed by atoms with Crippen molar-refractivity contribution in [2.75, 3.05) is 4.72 Å². The van der Waals surface area contributed by atoms with Gasteiger partial charge in [-0.1, -0.05) is 28.9 Å². The van der Waals surface area contributed by atoms with E-state index < -0.39 is 16.0 Å². The van der Waals surface area contributed by atoms with Gasteiger partial charge in [-0.05, 0) is 67.6 Å². The lowest BCUT2D eigenvalue weighted by atomic mass is 10.0. The van der Waals surface area contributed by atoms with Gasteiger partial charge in [-0.15, -0.1) is 0 Å². The summed E-state index contributed by atoms with van der Waals surface area (Å²) in [5.74, 6) is -0.591. The first kappa shape index (κ1) is 23.1. The van der Waals surface area contributed by atoms with Crippen LogP contribution >= 0.6 is 11.6 Å². The Morgan fingerprint density at radius 3 is 2.54 bits per heavy atom. The van der Waals surface area contributed by atoms with Crippen molar-refractivity contribution in [1.29, 1.82) is 0 Å². The third-order valence-electron chi connectivity index (χ3n) is 5.90. The maximum atomic E-state index is 13.7.